The van der Waals surface area contributed by atoms with Gasteiger partial charge in [-0.15, -0.1) is 0 Å². The monoisotopic (exact) mass is 434 g/mol. The number of ether oxygens (including phenoxy) is 1. The van der Waals surface area contributed by atoms with E-state index in [1.165, 1.54) is 36.4 Å². The Balaban J connectivity index is 1.63. The van der Waals surface area contributed by atoms with Crippen LogP contribution < -0.4 is 4.72 Å². The summed E-state index contributed by atoms with van der Waals surface area (Å²) in [6, 6.07) is 10.1. The molecule has 2 aromatic rings. The molecule has 0 radical (unpaired) electrons. The lowest BCUT2D eigenvalue weighted by Crippen LogP contribution is -2.40. The smallest absolute Gasteiger partial charge is 0.338 e. The van der Waals surface area contributed by atoms with Crippen LogP contribution in [0.3, 0.4) is 0 Å². The van der Waals surface area contributed by atoms with Gasteiger partial charge in [0, 0.05) is 18.8 Å². The molecule has 3 rings (SSSR count). The maximum atomic E-state index is 13.0. The largest absolute Gasteiger partial charge is 0.452 e. The summed E-state index contributed by atoms with van der Waals surface area (Å²) in [7, 11) is -3.99. The highest BCUT2D eigenvalue weighted by atomic mass is 32.2. The molecule has 1 N–H and O–H groups in total. The maximum absolute atomic E-state index is 13.0. The summed E-state index contributed by atoms with van der Waals surface area (Å²) in [5, 5.41) is 0. The molecule has 0 aromatic heterocycles. The zero-order valence-corrected chi connectivity index (χ0v) is 17.3. The van der Waals surface area contributed by atoms with Crippen molar-refractivity contribution in [2.24, 2.45) is 5.92 Å². The number of carbonyl (C=O) groups is 2. The third-order valence-corrected chi connectivity index (χ3v) is 6.32. The van der Waals surface area contributed by atoms with Crippen LogP contribution in [-0.4, -0.2) is 44.9 Å². The zero-order chi connectivity index (χ0) is 21.7. The standard InChI is InChI=1S/C21H23FN2O5S/c1-15-9-11-24(12-10-15)20(25)14-29-21(26)16-3-2-4-19(13-16)30(27,28)23-18-7-5-17(22)6-8-18/h2-8,13,15,23H,9-12,14H2,1H3. The lowest BCUT2D eigenvalue weighted by Gasteiger charge is -2.30. The summed E-state index contributed by atoms with van der Waals surface area (Å²) in [6.45, 7) is 3.02. The Morgan fingerprint density at radius 1 is 1.13 bits per heavy atom. The molecule has 1 heterocycles. The Morgan fingerprint density at radius 3 is 2.47 bits per heavy atom. The second kappa shape index (κ2) is 9.25. The van der Waals surface area contributed by atoms with E-state index in [9.17, 15) is 22.4 Å². The summed E-state index contributed by atoms with van der Waals surface area (Å²) in [6.07, 6.45) is 1.83. The molecule has 1 aliphatic heterocycles. The van der Waals surface area contributed by atoms with Crippen LogP contribution in [0.1, 0.15) is 30.1 Å². The maximum Gasteiger partial charge on any atom is 0.338 e. The first kappa shape index (κ1) is 21.8. The van der Waals surface area contributed by atoms with Crippen LogP contribution in [0.5, 0.6) is 0 Å². The molecule has 0 unspecified atom stereocenters. The van der Waals surface area contributed by atoms with Crippen molar-refractivity contribution in [3.8, 4) is 0 Å². The molecule has 0 spiro atoms. The van der Waals surface area contributed by atoms with Gasteiger partial charge in [-0.1, -0.05) is 13.0 Å². The fourth-order valence-electron chi connectivity index (χ4n) is 3.08. The highest BCUT2D eigenvalue weighted by Crippen LogP contribution is 2.19. The molecule has 1 amide bonds. The number of carbonyl (C=O) groups excluding carboxylic acids is 2. The molecule has 0 atom stereocenters. The first-order chi connectivity index (χ1) is 14.2. The molecule has 1 saturated heterocycles. The van der Waals surface area contributed by atoms with E-state index in [4.69, 9.17) is 4.74 Å². The van der Waals surface area contributed by atoms with E-state index in [0.717, 1.165) is 25.0 Å². The molecular weight excluding hydrogens is 411 g/mol. The van der Waals surface area contributed by atoms with Gasteiger partial charge in [0.1, 0.15) is 5.82 Å². The number of halogens is 1. The van der Waals surface area contributed by atoms with Crippen LogP contribution in [0.4, 0.5) is 10.1 Å². The van der Waals surface area contributed by atoms with Gasteiger partial charge in [-0.05, 0) is 61.2 Å². The van der Waals surface area contributed by atoms with Crippen LogP contribution in [-0.2, 0) is 19.6 Å². The number of hydrogen-bond donors (Lipinski definition) is 1. The number of piperidine rings is 1. The Kier molecular flexibility index (Phi) is 6.71. The topological polar surface area (TPSA) is 92.8 Å². The highest BCUT2D eigenvalue weighted by molar-refractivity contribution is 7.92. The summed E-state index contributed by atoms with van der Waals surface area (Å²) in [5.74, 6) is -0.967. The number of nitrogens with zero attached hydrogens (tertiary/aromatic N) is 1. The number of anilines is 1. The van der Waals surface area contributed by atoms with Gasteiger partial charge in [0.2, 0.25) is 0 Å². The average molecular weight is 434 g/mol. The minimum atomic E-state index is -3.99. The van der Waals surface area contributed by atoms with Crippen molar-refractivity contribution in [2.45, 2.75) is 24.7 Å². The Labute approximate surface area is 174 Å². The Bertz CT molecular complexity index is 1020. The van der Waals surface area contributed by atoms with Crippen molar-refractivity contribution < 1.29 is 27.1 Å². The van der Waals surface area contributed by atoms with Crippen molar-refractivity contribution >= 4 is 27.6 Å². The van der Waals surface area contributed by atoms with Crippen molar-refractivity contribution in [1.82, 2.24) is 4.90 Å². The summed E-state index contributed by atoms with van der Waals surface area (Å²) >= 11 is 0. The van der Waals surface area contributed by atoms with Crippen LogP contribution in [0, 0.1) is 11.7 Å². The van der Waals surface area contributed by atoms with E-state index >= 15 is 0 Å². The van der Waals surface area contributed by atoms with E-state index in [1.54, 1.807) is 4.90 Å². The van der Waals surface area contributed by atoms with E-state index in [-0.39, 0.29) is 22.1 Å². The lowest BCUT2D eigenvalue weighted by molar-refractivity contribution is -0.135. The molecule has 160 valence electrons. The normalized spacial score (nSPS) is 14.9. The molecular formula is C21H23FN2O5S. The molecule has 0 bridgehead atoms. The molecule has 7 nitrogen and oxygen atoms in total. The van der Waals surface area contributed by atoms with Crippen molar-refractivity contribution in [3.63, 3.8) is 0 Å². The van der Waals surface area contributed by atoms with Crippen LogP contribution >= 0.6 is 0 Å². The quantitative estimate of drug-likeness (QED) is 0.706. The molecule has 2 aromatic carbocycles. The molecule has 30 heavy (non-hydrogen) atoms. The number of sulfonamides is 1. The number of esters is 1. The van der Waals surface area contributed by atoms with Gasteiger partial charge in [0.05, 0.1) is 10.5 Å². The summed E-state index contributed by atoms with van der Waals surface area (Å²) in [4.78, 5) is 26.0. The van der Waals surface area contributed by atoms with E-state index in [0.29, 0.717) is 19.0 Å². The molecule has 0 saturated carbocycles. The summed E-state index contributed by atoms with van der Waals surface area (Å²) in [5.41, 5.74) is 0.197. The highest BCUT2D eigenvalue weighted by Gasteiger charge is 2.22. The van der Waals surface area contributed by atoms with Gasteiger partial charge in [-0.2, -0.15) is 0 Å². The number of nitrogens with one attached hydrogen (secondary N) is 1. The van der Waals surface area contributed by atoms with Crippen molar-refractivity contribution in [1.29, 1.82) is 0 Å². The van der Waals surface area contributed by atoms with Gasteiger partial charge >= 0.3 is 5.97 Å². The zero-order valence-electron chi connectivity index (χ0n) is 16.5. The van der Waals surface area contributed by atoms with Gasteiger partial charge in [-0.3, -0.25) is 9.52 Å². The Morgan fingerprint density at radius 2 is 1.80 bits per heavy atom. The number of likely N-dealkylation sites (tertiary alicyclic amines) is 1. The molecule has 1 fully saturated rings. The third kappa shape index (κ3) is 5.56. The molecule has 0 aliphatic carbocycles. The predicted octanol–water partition coefficient (Wildman–Crippen LogP) is 3.04. The van der Waals surface area contributed by atoms with Crippen LogP contribution in [0.2, 0.25) is 0 Å². The minimum Gasteiger partial charge on any atom is -0.452 e. The van der Waals surface area contributed by atoms with Gasteiger partial charge in [0.15, 0.2) is 6.61 Å². The number of amides is 1. The first-order valence-corrected chi connectivity index (χ1v) is 11.1. The van der Waals surface area contributed by atoms with E-state index < -0.39 is 28.4 Å². The fourth-order valence-corrected chi connectivity index (χ4v) is 4.19. The van der Waals surface area contributed by atoms with Crippen LogP contribution in [0.15, 0.2) is 53.4 Å². The Hall–Kier alpha value is -2.94. The summed E-state index contributed by atoms with van der Waals surface area (Å²) < 4.78 is 45.5. The van der Waals surface area contributed by atoms with E-state index in [1.807, 2.05) is 0 Å². The number of hydrogen-bond acceptors (Lipinski definition) is 5. The molecule has 9 heteroatoms. The van der Waals surface area contributed by atoms with Crippen LogP contribution in [0.25, 0.3) is 0 Å². The van der Waals surface area contributed by atoms with Gasteiger partial charge in [0.25, 0.3) is 15.9 Å². The second-order valence-corrected chi connectivity index (χ2v) is 8.96. The first-order valence-electron chi connectivity index (χ1n) is 9.58. The fraction of sp³-hybridized carbons (Fsp3) is 0.333. The SMILES string of the molecule is CC1CCN(C(=O)COC(=O)c2cccc(S(=O)(=O)Nc3ccc(F)cc3)c2)CC1. The third-order valence-electron chi connectivity index (χ3n) is 4.94. The lowest BCUT2D eigenvalue weighted by atomic mass is 9.99. The minimum absolute atomic E-state index is 0.0112. The van der Waals surface area contributed by atoms with E-state index in [2.05, 4.69) is 11.6 Å². The molecule has 1 aliphatic rings. The van der Waals surface area contributed by atoms with Gasteiger partial charge < -0.3 is 9.64 Å². The second-order valence-electron chi connectivity index (χ2n) is 7.28. The van der Waals surface area contributed by atoms with Gasteiger partial charge in [-0.25, -0.2) is 17.6 Å². The van der Waals surface area contributed by atoms with Crippen molar-refractivity contribution in [2.75, 3.05) is 24.4 Å². The number of benzene rings is 2. The average Bonchev–Trinajstić information content (AvgIpc) is 2.74. The number of rotatable bonds is 6. The predicted molar refractivity (Wildman–Crippen MR) is 109 cm³/mol. The van der Waals surface area contributed by atoms with Crippen molar-refractivity contribution in [3.05, 3.63) is 59.9 Å².